The van der Waals surface area contributed by atoms with Gasteiger partial charge in [0.1, 0.15) is 0 Å². The van der Waals surface area contributed by atoms with Crippen LogP contribution in [-0.2, 0) is 0 Å². The highest BCUT2D eigenvalue weighted by atomic mass is 19.3. The molecule has 0 bridgehead atoms. The highest BCUT2D eigenvalue weighted by Gasteiger charge is 2.40. The molecule has 0 N–H and O–H groups in total. The number of hydrogen-bond acceptors (Lipinski definition) is 2. The Balaban J connectivity index is 1.89. The molecule has 1 aliphatic heterocycles. The van der Waals surface area contributed by atoms with Gasteiger partial charge in [0.15, 0.2) is 0 Å². The van der Waals surface area contributed by atoms with Crippen LogP contribution in [-0.4, -0.2) is 54.0 Å². The Morgan fingerprint density at radius 1 is 1.28 bits per heavy atom. The average molecular weight is 260 g/mol. The molecule has 0 radical (unpaired) electrons. The van der Waals surface area contributed by atoms with Crippen molar-refractivity contribution in [3.8, 4) is 0 Å². The summed E-state index contributed by atoms with van der Waals surface area (Å²) in [5, 5.41) is 0. The largest absolute Gasteiger partial charge is 0.300 e. The Kier molecular flexibility index (Phi) is 4.27. The van der Waals surface area contributed by atoms with E-state index in [2.05, 4.69) is 30.7 Å². The van der Waals surface area contributed by atoms with Gasteiger partial charge < -0.3 is 0 Å². The van der Waals surface area contributed by atoms with Crippen LogP contribution in [0.5, 0.6) is 0 Å². The summed E-state index contributed by atoms with van der Waals surface area (Å²) < 4.78 is 26.9. The van der Waals surface area contributed by atoms with Crippen LogP contribution in [0.2, 0.25) is 0 Å². The molecule has 2 atom stereocenters. The Morgan fingerprint density at radius 2 is 2.00 bits per heavy atom. The van der Waals surface area contributed by atoms with Crippen molar-refractivity contribution < 1.29 is 8.78 Å². The van der Waals surface area contributed by atoms with Crippen LogP contribution in [0, 0.1) is 0 Å². The van der Waals surface area contributed by atoms with Crippen LogP contribution < -0.4 is 0 Å². The van der Waals surface area contributed by atoms with Crippen molar-refractivity contribution in [2.24, 2.45) is 0 Å². The van der Waals surface area contributed by atoms with Crippen LogP contribution in [0.3, 0.4) is 0 Å². The lowest BCUT2D eigenvalue weighted by Gasteiger charge is -2.36. The Hall–Kier alpha value is -0.220. The van der Waals surface area contributed by atoms with E-state index in [1.54, 1.807) is 0 Å². The summed E-state index contributed by atoms with van der Waals surface area (Å²) in [6, 6.07) is 1.18. The number of alkyl halides is 2. The summed E-state index contributed by atoms with van der Waals surface area (Å²) in [6.07, 6.45) is 2.92. The van der Waals surface area contributed by atoms with Gasteiger partial charge in [-0.2, -0.15) is 0 Å². The first-order valence-electron chi connectivity index (χ1n) is 7.23. The van der Waals surface area contributed by atoms with Crippen molar-refractivity contribution in [2.75, 3.05) is 20.1 Å². The minimum atomic E-state index is -2.43. The zero-order chi connectivity index (χ0) is 13.3. The normalized spacial score (nSPS) is 33.5. The molecule has 0 unspecified atom stereocenters. The molecule has 1 heterocycles. The van der Waals surface area contributed by atoms with Gasteiger partial charge in [-0.1, -0.05) is 0 Å². The van der Waals surface area contributed by atoms with Gasteiger partial charge in [0.25, 0.3) is 0 Å². The lowest BCUT2D eigenvalue weighted by Crippen LogP contribution is -2.44. The molecule has 2 nitrogen and oxygen atoms in total. The molecular formula is C14H26F2N2. The van der Waals surface area contributed by atoms with Crippen molar-refractivity contribution in [3.05, 3.63) is 0 Å². The molecule has 1 saturated heterocycles. The van der Waals surface area contributed by atoms with Gasteiger partial charge in [0.05, 0.1) is 0 Å². The monoisotopic (exact) mass is 260 g/mol. The predicted molar refractivity (Wildman–Crippen MR) is 70.1 cm³/mol. The van der Waals surface area contributed by atoms with E-state index in [-0.39, 0.29) is 18.9 Å². The maximum atomic E-state index is 13.5. The van der Waals surface area contributed by atoms with Gasteiger partial charge in [-0.15, -0.1) is 0 Å². The number of likely N-dealkylation sites (tertiary alicyclic amines) is 1. The average Bonchev–Trinajstić information content (AvgIpc) is 2.75. The predicted octanol–water partition coefficient (Wildman–Crippen LogP) is 2.98. The highest BCUT2D eigenvalue weighted by molar-refractivity contribution is 4.91. The van der Waals surface area contributed by atoms with Gasteiger partial charge in [-0.3, -0.25) is 9.80 Å². The van der Waals surface area contributed by atoms with Gasteiger partial charge in [0.2, 0.25) is 5.92 Å². The molecule has 2 rings (SSSR count). The molecule has 0 amide bonds. The molecule has 0 aromatic heterocycles. The molecular weight excluding hydrogens is 234 g/mol. The van der Waals surface area contributed by atoms with E-state index in [0.717, 1.165) is 25.9 Å². The molecule has 1 aliphatic carbocycles. The number of rotatable bonds is 3. The number of hydrogen-bond donors (Lipinski definition) is 0. The fourth-order valence-electron chi connectivity index (χ4n) is 3.31. The number of halogens is 2. The standard InChI is InChI=1S/C14H26F2N2/c1-11(2)17(3)13-6-8-18(10-13)12-5-4-7-14(15,16)9-12/h11-13H,4-10H2,1-3H3/t12-,13+/m0/s1. The first-order chi connectivity index (χ1) is 8.39. The maximum Gasteiger partial charge on any atom is 0.249 e. The van der Waals surface area contributed by atoms with Crippen LogP contribution in [0.25, 0.3) is 0 Å². The summed E-state index contributed by atoms with van der Waals surface area (Å²) in [5.41, 5.74) is 0. The first-order valence-corrected chi connectivity index (χ1v) is 7.23. The molecule has 0 spiro atoms. The van der Waals surface area contributed by atoms with Gasteiger partial charge in [-0.05, 0) is 40.2 Å². The van der Waals surface area contributed by atoms with E-state index in [9.17, 15) is 8.78 Å². The van der Waals surface area contributed by atoms with E-state index < -0.39 is 5.92 Å². The SMILES string of the molecule is CC(C)N(C)[C@@H]1CCN([C@H]2CCCC(F)(F)C2)C1. The fourth-order valence-corrected chi connectivity index (χ4v) is 3.31. The zero-order valence-electron chi connectivity index (χ0n) is 11.8. The van der Waals surface area contributed by atoms with E-state index in [1.807, 2.05) is 0 Å². The second-order valence-electron chi connectivity index (χ2n) is 6.30. The third-order valence-corrected chi connectivity index (χ3v) is 4.72. The minimum absolute atomic E-state index is 0.0745. The number of nitrogens with zero attached hydrogens (tertiary/aromatic N) is 2. The van der Waals surface area contributed by atoms with Crippen molar-refractivity contribution in [1.29, 1.82) is 0 Å². The lowest BCUT2D eigenvalue weighted by atomic mass is 9.91. The summed E-state index contributed by atoms with van der Waals surface area (Å²) in [6.45, 7) is 6.34. The Morgan fingerprint density at radius 3 is 2.61 bits per heavy atom. The summed E-state index contributed by atoms with van der Waals surface area (Å²) >= 11 is 0. The summed E-state index contributed by atoms with van der Waals surface area (Å²) in [5.74, 6) is -2.43. The molecule has 4 heteroatoms. The van der Waals surface area contributed by atoms with E-state index in [4.69, 9.17) is 0 Å². The van der Waals surface area contributed by atoms with Gasteiger partial charge in [-0.25, -0.2) is 8.78 Å². The van der Waals surface area contributed by atoms with Crippen LogP contribution in [0.1, 0.15) is 46.0 Å². The maximum absolute atomic E-state index is 13.5. The fraction of sp³-hybridized carbons (Fsp3) is 1.00. The second-order valence-corrected chi connectivity index (χ2v) is 6.30. The molecule has 106 valence electrons. The molecule has 0 aromatic carbocycles. The van der Waals surface area contributed by atoms with E-state index in [1.165, 1.54) is 0 Å². The third kappa shape index (κ3) is 3.21. The molecule has 1 saturated carbocycles. The van der Waals surface area contributed by atoms with Crippen molar-refractivity contribution in [3.63, 3.8) is 0 Å². The summed E-state index contributed by atoms with van der Waals surface area (Å²) in [4.78, 5) is 4.68. The van der Waals surface area contributed by atoms with Crippen LogP contribution >= 0.6 is 0 Å². The van der Waals surface area contributed by atoms with Crippen molar-refractivity contribution >= 4 is 0 Å². The molecule has 0 aromatic rings. The molecule has 2 fully saturated rings. The van der Waals surface area contributed by atoms with E-state index in [0.29, 0.717) is 18.5 Å². The third-order valence-electron chi connectivity index (χ3n) is 4.72. The zero-order valence-corrected chi connectivity index (χ0v) is 11.8. The lowest BCUT2D eigenvalue weighted by molar-refractivity contribution is -0.0612. The van der Waals surface area contributed by atoms with Gasteiger partial charge in [0, 0.05) is 44.1 Å². The smallest absolute Gasteiger partial charge is 0.249 e. The first kappa shape index (κ1) is 14.2. The summed E-state index contributed by atoms with van der Waals surface area (Å²) in [7, 11) is 2.15. The molecule has 2 aliphatic rings. The Labute approximate surface area is 109 Å². The number of likely N-dealkylation sites (N-methyl/N-ethyl adjacent to an activating group) is 1. The Bertz CT molecular complexity index is 281. The van der Waals surface area contributed by atoms with Gasteiger partial charge >= 0.3 is 0 Å². The highest BCUT2D eigenvalue weighted by Crippen LogP contribution is 2.36. The second kappa shape index (κ2) is 5.41. The van der Waals surface area contributed by atoms with Crippen LogP contribution in [0.4, 0.5) is 8.78 Å². The van der Waals surface area contributed by atoms with Crippen molar-refractivity contribution in [1.82, 2.24) is 9.80 Å². The quantitative estimate of drug-likeness (QED) is 0.769. The topological polar surface area (TPSA) is 6.48 Å². The van der Waals surface area contributed by atoms with Crippen LogP contribution in [0.15, 0.2) is 0 Å². The van der Waals surface area contributed by atoms with E-state index >= 15 is 0 Å². The minimum Gasteiger partial charge on any atom is -0.300 e. The molecule has 18 heavy (non-hydrogen) atoms. The van der Waals surface area contributed by atoms with Crippen molar-refractivity contribution in [2.45, 2.75) is 70.0 Å².